The van der Waals surface area contributed by atoms with Gasteiger partial charge in [0.1, 0.15) is 0 Å². The van der Waals surface area contributed by atoms with Gasteiger partial charge in [0.15, 0.2) is 0 Å². The number of anilines is 1. The summed E-state index contributed by atoms with van der Waals surface area (Å²) in [6.07, 6.45) is 10.7. The molecule has 0 aliphatic carbocycles. The van der Waals surface area contributed by atoms with Crippen molar-refractivity contribution in [3.8, 4) is 0 Å². The maximum absolute atomic E-state index is 2.74. The van der Waals surface area contributed by atoms with Crippen molar-refractivity contribution in [3.05, 3.63) is 40.6 Å². The first-order valence-corrected chi connectivity index (χ1v) is 17.3. The second-order valence-electron chi connectivity index (χ2n) is 6.94. The molecule has 0 aromatic heterocycles. The van der Waals surface area contributed by atoms with E-state index in [0.29, 0.717) is 0 Å². The molecule has 1 aromatic carbocycles. The van der Waals surface area contributed by atoms with Gasteiger partial charge in [0.2, 0.25) is 0 Å². The van der Waals surface area contributed by atoms with Crippen molar-refractivity contribution < 1.29 is 0 Å². The van der Waals surface area contributed by atoms with E-state index in [4.69, 9.17) is 0 Å². The molecule has 0 aliphatic heterocycles. The van der Waals surface area contributed by atoms with E-state index < -0.39 is 18.4 Å². The van der Waals surface area contributed by atoms with E-state index in [1.807, 2.05) is 0 Å². The van der Waals surface area contributed by atoms with Crippen molar-refractivity contribution >= 4 is 24.1 Å². The van der Waals surface area contributed by atoms with Crippen LogP contribution in [-0.4, -0.2) is 25.4 Å². The molecule has 0 bridgehead atoms. The van der Waals surface area contributed by atoms with Crippen LogP contribution in [0.2, 0.25) is 13.3 Å². The third-order valence-electron chi connectivity index (χ3n) is 4.90. The van der Waals surface area contributed by atoms with Gasteiger partial charge in [-0.1, -0.05) is 0 Å². The average Bonchev–Trinajstić information content (AvgIpc) is 2.61. The molecule has 0 saturated carbocycles. The first kappa shape index (κ1) is 20.6. The summed E-state index contributed by atoms with van der Waals surface area (Å²) in [4.78, 5) is 2.31. The third-order valence-corrected chi connectivity index (χ3v) is 18.9. The van der Waals surface area contributed by atoms with Crippen LogP contribution in [0.5, 0.6) is 0 Å². The van der Waals surface area contributed by atoms with Gasteiger partial charge in [-0.15, -0.1) is 0 Å². The molecular weight excluding hydrogens is 385 g/mol. The maximum atomic E-state index is 2.74. The molecule has 0 unspecified atom stereocenters. The normalized spacial score (nSPS) is 12.0. The van der Waals surface area contributed by atoms with Crippen LogP contribution in [0, 0.1) is 0 Å². The van der Waals surface area contributed by atoms with Crippen LogP contribution in [0.25, 0.3) is 0 Å². The van der Waals surface area contributed by atoms with E-state index in [-0.39, 0.29) is 0 Å². The monoisotopic (exact) mass is 423 g/mol. The Balaban J connectivity index is 2.88. The molecule has 0 amide bonds. The number of hydrogen-bond donors (Lipinski definition) is 0. The number of benzene rings is 1. The van der Waals surface area contributed by atoms with Gasteiger partial charge in [-0.2, -0.15) is 0 Å². The van der Waals surface area contributed by atoms with Gasteiger partial charge in [0.25, 0.3) is 0 Å². The van der Waals surface area contributed by atoms with Crippen LogP contribution in [0.15, 0.2) is 40.6 Å². The molecular formula is C21H37NSn. The van der Waals surface area contributed by atoms with Crippen molar-refractivity contribution in [2.45, 2.75) is 72.6 Å². The Kier molecular flexibility index (Phi) is 10.7. The van der Waals surface area contributed by atoms with Crippen molar-refractivity contribution in [1.29, 1.82) is 0 Å². The topological polar surface area (TPSA) is 3.24 Å². The molecule has 0 N–H and O–H groups in total. The predicted molar refractivity (Wildman–Crippen MR) is 109 cm³/mol. The summed E-state index contributed by atoms with van der Waals surface area (Å²) in [5, 5.41) is 0. The van der Waals surface area contributed by atoms with Gasteiger partial charge >= 0.3 is 149 Å². The fraction of sp³-hybridized carbons (Fsp3) is 0.619. The summed E-state index contributed by atoms with van der Waals surface area (Å²) in [6, 6.07) is 10.7. The number of rotatable bonds is 12. The molecule has 0 saturated heterocycles. The molecule has 0 fully saturated rings. The fourth-order valence-corrected chi connectivity index (χ4v) is 17.4. The fourth-order valence-electron chi connectivity index (χ4n) is 3.23. The average molecular weight is 422 g/mol. The Morgan fingerprint density at radius 2 is 1.30 bits per heavy atom. The van der Waals surface area contributed by atoms with Gasteiger partial charge in [0, 0.05) is 0 Å². The van der Waals surface area contributed by atoms with Crippen molar-refractivity contribution in [2.24, 2.45) is 0 Å². The van der Waals surface area contributed by atoms with E-state index >= 15 is 0 Å². The van der Waals surface area contributed by atoms with Gasteiger partial charge < -0.3 is 0 Å². The Bertz CT molecular complexity index is 405. The molecule has 130 valence electrons. The molecule has 1 aromatic rings. The van der Waals surface area contributed by atoms with E-state index in [1.165, 1.54) is 44.2 Å². The molecule has 0 aliphatic rings. The Hall–Kier alpha value is -0.441. The summed E-state index contributed by atoms with van der Waals surface area (Å²) in [5.41, 5.74) is 1.30. The summed E-state index contributed by atoms with van der Waals surface area (Å²) in [7, 11) is 2.20. The quantitative estimate of drug-likeness (QED) is 0.327. The third kappa shape index (κ3) is 7.78. The summed E-state index contributed by atoms with van der Waals surface area (Å²) >= 11 is -2.13. The summed E-state index contributed by atoms with van der Waals surface area (Å²) in [5.74, 6) is 0. The minimum atomic E-state index is -2.13. The molecule has 1 nitrogen and oxygen atoms in total. The molecule has 23 heavy (non-hydrogen) atoms. The van der Waals surface area contributed by atoms with Crippen molar-refractivity contribution in [3.63, 3.8) is 0 Å². The second kappa shape index (κ2) is 12.0. The molecule has 0 heterocycles. The number of para-hydroxylation sites is 1. The van der Waals surface area contributed by atoms with E-state index in [0.717, 1.165) is 0 Å². The van der Waals surface area contributed by atoms with Crippen molar-refractivity contribution in [2.75, 3.05) is 11.9 Å². The Labute approximate surface area is 149 Å². The standard InChI is InChI=1S/C9H10N.3C4H9.Sn/c1-3-10(2)9-7-5-4-6-8-9;3*1-3-4-2;/h1,3-8H,2H3;3*1,3-4H2,2H3;. The Morgan fingerprint density at radius 1 is 0.826 bits per heavy atom. The molecule has 0 radical (unpaired) electrons. The molecule has 0 spiro atoms. The van der Waals surface area contributed by atoms with Gasteiger partial charge in [-0.05, 0) is 0 Å². The van der Waals surface area contributed by atoms with E-state index in [1.54, 1.807) is 13.3 Å². The summed E-state index contributed by atoms with van der Waals surface area (Å²) in [6.45, 7) is 7.03. The van der Waals surface area contributed by atoms with Crippen LogP contribution in [0.3, 0.4) is 0 Å². The zero-order valence-electron chi connectivity index (χ0n) is 15.9. The second-order valence-corrected chi connectivity index (χ2v) is 19.9. The first-order valence-electron chi connectivity index (χ1n) is 9.64. The van der Waals surface area contributed by atoms with Gasteiger partial charge in [0.05, 0.1) is 0 Å². The van der Waals surface area contributed by atoms with Crippen LogP contribution in [-0.2, 0) is 0 Å². The van der Waals surface area contributed by atoms with E-state index in [9.17, 15) is 0 Å². The van der Waals surface area contributed by atoms with Crippen LogP contribution < -0.4 is 4.90 Å². The first-order chi connectivity index (χ1) is 11.2. The number of unbranched alkanes of at least 4 members (excludes halogenated alkanes) is 3. The number of nitrogens with zero attached hydrogens (tertiary/aromatic N) is 1. The van der Waals surface area contributed by atoms with Crippen LogP contribution in [0.4, 0.5) is 5.69 Å². The zero-order chi connectivity index (χ0) is 17.0. The Morgan fingerprint density at radius 3 is 1.74 bits per heavy atom. The summed E-state index contributed by atoms with van der Waals surface area (Å²) < 4.78 is 7.38. The molecule has 0 atom stereocenters. The van der Waals surface area contributed by atoms with E-state index in [2.05, 4.69) is 73.3 Å². The van der Waals surface area contributed by atoms with Crippen molar-refractivity contribution in [1.82, 2.24) is 0 Å². The van der Waals surface area contributed by atoms with Gasteiger partial charge in [-0.25, -0.2) is 0 Å². The van der Waals surface area contributed by atoms with Gasteiger partial charge in [-0.3, -0.25) is 0 Å². The zero-order valence-corrected chi connectivity index (χ0v) is 18.7. The van der Waals surface area contributed by atoms with Crippen LogP contribution >= 0.6 is 0 Å². The number of hydrogen-bond acceptors (Lipinski definition) is 1. The predicted octanol–water partition coefficient (Wildman–Crippen LogP) is 7.02. The minimum absolute atomic E-state index is 1.30. The SMILES string of the molecule is CCC[CH2][Sn](/[CH]=C\N(C)c1ccccc1)([CH2]CCC)[CH2]CCC. The molecule has 1 rings (SSSR count). The molecule has 2 heteroatoms. The van der Waals surface area contributed by atoms with Crippen LogP contribution in [0.1, 0.15) is 59.3 Å².